The van der Waals surface area contributed by atoms with Gasteiger partial charge in [-0.3, -0.25) is 19.2 Å². The summed E-state index contributed by atoms with van der Waals surface area (Å²) in [5.74, 6) is -2.63. The molecule has 0 amide bonds. The van der Waals surface area contributed by atoms with Crippen LogP contribution in [0.1, 0.15) is 33.3 Å². The first-order chi connectivity index (χ1) is 16.1. The predicted octanol–water partition coefficient (Wildman–Crippen LogP) is 1.88. The van der Waals surface area contributed by atoms with E-state index in [4.69, 9.17) is 35.9 Å². The molecule has 1 saturated heterocycles. The van der Waals surface area contributed by atoms with E-state index in [0.29, 0.717) is 10.9 Å². The molecule has 34 heavy (non-hydrogen) atoms. The van der Waals surface area contributed by atoms with Gasteiger partial charge in [0.2, 0.25) is 0 Å². The molecule has 1 aliphatic rings. The molecule has 1 aliphatic heterocycles. The molecule has 0 radical (unpaired) electrons. The quantitative estimate of drug-likeness (QED) is 0.310. The van der Waals surface area contributed by atoms with Gasteiger partial charge >= 0.3 is 23.9 Å². The Bertz CT molecular complexity index is 896. The Kier molecular flexibility index (Phi) is 10.7. The molecule has 0 unspecified atom stereocenters. The van der Waals surface area contributed by atoms with Gasteiger partial charge in [-0.15, -0.1) is 0 Å². The van der Waals surface area contributed by atoms with Crippen LogP contribution >= 0.6 is 24.0 Å². The van der Waals surface area contributed by atoms with Gasteiger partial charge < -0.3 is 29.0 Å². The second-order valence-electron chi connectivity index (χ2n) is 7.31. The Morgan fingerprint density at radius 1 is 0.882 bits per heavy atom. The first kappa shape index (κ1) is 27.5. The Morgan fingerprint density at radius 2 is 1.44 bits per heavy atom. The molecule has 186 valence electrons. The van der Waals surface area contributed by atoms with Crippen LogP contribution in [0.4, 0.5) is 0 Å². The van der Waals surface area contributed by atoms with Crippen molar-refractivity contribution >= 4 is 52.2 Å². The number of nitrogens with one attached hydrogen (secondary N) is 1. The summed E-state index contributed by atoms with van der Waals surface area (Å²) in [5, 5.41) is 3.08. The summed E-state index contributed by atoms with van der Waals surface area (Å²) < 4.78 is 27.6. The number of carbonyl (C=O) groups excluding carboxylic acids is 4. The third-order valence-corrected chi connectivity index (χ3v) is 5.85. The topological polar surface area (TPSA) is 126 Å². The van der Waals surface area contributed by atoms with E-state index < -0.39 is 53.7 Å². The zero-order valence-corrected chi connectivity index (χ0v) is 20.8. The highest BCUT2D eigenvalue weighted by molar-refractivity contribution is 8.23. The number of carbonyl (C=O) groups is 4. The van der Waals surface area contributed by atoms with E-state index in [1.165, 1.54) is 20.8 Å². The highest BCUT2D eigenvalue weighted by Crippen LogP contribution is 2.34. The zero-order chi connectivity index (χ0) is 25.3. The number of thioether (sulfide) groups is 1. The van der Waals surface area contributed by atoms with Crippen molar-refractivity contribution in [2.45, 2.75) is 64.1 Å². The molecule has 1 aromatic rings. The lowest BCUT2D eigenvalue weighted by atomic mass is 9.99. The van der Waals surface area contributed by atoms with E-state index in [0.717, 1.165) is 24.2 Å². The van der Waals surface area contributed by atoms with Crippen molar-refractivity contribution < 1.29 is 42.9 Å². The first-order valence-corrected chi connectivity index (χ1v) is 11.6. The average molecular weight is 514 g/mol. The van der Waals surface area contributed by atoms with Crippen molar-refractivity contribution in [3.05, 3.63) is 35.9 Å². The Balaban J connectivity index is 2.29. The van der Waals surface area contributed by atoms with Crippen LogP contribution in [0.2, 0.25) is 0 Å². The van der Waals surface area contributed by atoms with Crippen molar-refractivity contribution in [2.75, 3.05) is 6.61 Å². The van der Waals surface area contributed by atoms with E-state index in [1.54, 1.807) is 0 Å². The normalized spacial score (nSPS) is 23.8. The van der Waals surface area contributed by atoms with Crippen LogP contribution in [0, 0.1) is 0 Å². The number of thiocarbonyl (C=S) groups is 1. The van der Waals surface area contributed by atoms with Crippen LogP contribution in [-0.2, 0) is 49.4 Å². The molecule has 1 N–H and O–H groups in total. The van der Waals surface area contributed by atoms with Crippen molar-refractivity contribution in [3.8, 4) is 0 Å². The second kappa shape index (κ2) is 13.3. The van der Waals surface area contributed by atoms with Gasteiger partial charge in [0, 0.05) is 34.2 Å². The lowest BCUT2D eigenvalue weighted by molar-refractivity contribution is -0.237. The van der Waals surface area contributed by atoms with Crippen LogP contribution in [0.5, 0.6) is 0 Å². The average Bonchev–Trinajstić information content (AvgIpc) is 2.75. The number of esters is 4. The molecule has 0 spiro atoms. The molecule has 0 bridgehead atoms. The largest absolute Gasteiger partial charge is 0.463 e. The standard InChI is InChI=1S/C22H27NO9S2/c1-12(24)28-11-17-18(29-13(2)25)19(30-14(3)26)20(31-15(4)27)21(32-17)34-22(33)23-10-16-8-6-5-7-9-16/h5-9,17-21H,10-11H2,1-4H3,(H,23,33)/t17-,18-,19+,20-,21+/m1/s1. The number of hydrogen-bond acceptors (Lipinski definition) is 11. The molecule has 10 nitrogen and oxygen atoms in total. The van der Waals surface area contributed by atoms with Gasteiger partial charge in [0.25, 0.3) is 0 Å². The van der Waals surface area contributed by atoms with E-state index >= 15 is 0 Å². The highest BCUT2D eigenvalue weighted by atomic mass is 32.2. The third kappa shape index (κ3) is 8.92. The van der Waals surface area contributed by atoms with Crippen LogP contribution in [0.15, 0.2) is 30.3 Å². The maximum Gasteiger partial charge on any atom is 0.303 e. The van der Waals surface area contributed by atoms with E-state index in [9.17, 15) is 19.2 Å². The SMILES string of the molecule is CC(=O)OC[C@H]1O[C@@H](SC(=S)NCc2ccccc2)[C@H](OC(C)=O)[C@@H](OC(C)=O)[C@@H]1OC(C)=O. The third-order valence-electron chi connectivity index (χ3n) is 4.45. The van der Waals surface area contributed by atoms with Crippen molar-refractivity contribution in [3.63, 3.8) is 0 Å². The zero-order valence-electron chi connectivity index (χ0n) is 19.2. The molecule has 1 aromatic carbocycles. The molecule has 0 aliphatic carbocycles. The maximum atomic E-state index is 11.9. The highest BCUT2D eigenvalue weighted by Gasteiger charge is 2.52. The maximum absolute atomic E-state index is 11.9. The van der Waals surface area contributed by atoms with E-state index in [2.05, 4.69) is 5.32 Å². The number of hydrogen-bond donors (Lipinski definition) is 1. The Hall–Kier alpha value is -2.70. The summed E-state index contributed by atoms with van der Waals surface area (Å²) >= 11 is 6.45. The van der Waals surface area contributed by atoms with Gasteiger partial charge in [-0.05, 0) is 5.56 Å². The molecule has 5 atom stereocenters. The van der Waals surface area contributed by atoms with Gasteiger partial charge in [0.05, 0.1) is 0 Å². The number of ether oxygens (including phenoxy) is 5. The van der Waals surface area contributed by atoms with Gasteiger partial charge in [-0.25, -0.2) is 0 Å². The summed E-state index contributed by atoms with van der Waals surface area (Å²) in [6.45, 7) is 4.88. The van der Waals surface area contributed by atoms with Crippen molar-refractivity contribution in [2.24, 2.45) is 0 Å². The fraction of sp³-hybridized carbons (Fsp3) is 0.500. The summed E-state index contributed by atoms with van der Waals surface area (Å²) in [7, 11) is 0. The molecule has 1 heterocycles. The molecular formula is C22H27NO9S2. The van der Waals surface area contributed by atoms with Crippen LogP contribution in [-0.4, -0.2) is 64.7 Å². The molecule has 1 fully saturated rings. The fourth-order valence-corrected chi connectivity index (χ4v) is 4.47. The predicted molar refractivity (Wildman–Crippen MR) is 125 cm³/mol. The van der Waals surface area contributed by atoms with Crippen molar-refractivity contribution in [1.82, 2.24) is 5.32 Å². The Morgan fingerprint density at radius 3 is 2.00 bits per heavy atom. The molecular weight excluding hydrogens is 486 g/mol. The summed E-state index contributed by atoms with van der Waals surface area (Å²) in [5.41, 5.74) is 0.0309. The summed E-state index contributed by atoms with van der Waals surface area (Å²) in [6, 6.07) is 9.54. The lowest BCUT2D eigenvalue weighted by Crippen LogP contribution is -2.61. The van der Waals surface area contributed by atoms with Gasteiger partial charge in [0.1, 0.15) is 17.0 Å². The van der Waals surface area contributed by atoms with Gasteiger partial charge in [0.15, 0.2) is 23.7 Å². The van der Waals surface area contributed by atoms with Gasteiger partial charge in [-0.2, -0.15) is 0 Å². The molecule has 12 heteroatoms. The van der Waals surface area contributed by atoms with Crippen molar-refractivity contribution in [1.29, 1.82) is 0 Å². The smallest absolute Gasteiger partial charge is 0.303 e. The second-order valence-corrected chi connectivity index (χ2v) is 9.09. The minimum Gasteiger partial charge on any atom is -0.463 e. The number of benzene rings is 1. The fourth-order valence-electron chi connectivity index (χ4n) is 3.20. The lowest BCUT2D eigenvalue weighted by Gasteiger charge is -2.44. The van der Waals surface area contributed by atoms with Crippen LogP contribution in [0.3, 0.4) is 0 Å². The van der Waals surface area contributed by atoms with E-state index in [1.807, 2.05) is 30.3 Å². The minimum atomic E-state index is -1.23. The van der Waals surface area contributed by atoms with Gasteiger partial charge in [-0.1, -0.05) is 54.3 Å². The minimum absolute atomic E-state index is 0.293. The van der Waals surface area contributed by atoms with Crippen LogP contribution < -0.4 is 5.32 Å². The Labute approximate surface area is 207 Å². The molecule has 0 aromatic heterocycles. The summed E-state index contributed by atoms with van der Waals surface area (Å²) in [6.07, 6.45) is -4.61. The molecule has 2 rings (SSSR count). The number of rotatable bonds is 8. The summed E-state index contributed by atoms with van der Waals surface area (Å²) in [4.78, 5) is 46.9. The monoisotopic (exact) mass is 513 g/mol. The first-order valence-electron chi connectivity index (χ1n) is 10.4. The van der Waals surface area contributed by atoms with E-state index in [-0.39, 0.29) is 6.61 Å². The molecule has 0 saturated carbocycles. The van der Waals surface area contributed by atoms with Crippen LogP contribution in [0.25, 0.3) is 0 Å².